The van der Waals surface area contributed by atoms with Crippen molar-refractivity contribution in [1.29, 1.82) is 0 Å². The molecule has 0 saturated heterocycles. The summed E-state index contributed by atoms with van der Waals surface area (Å²) in [6, 6.07) is 24.9. The number of carbonyl (C=O) groups is 1. The summed E-state index contributed by atoms with van der Waals surface area (Å²) in [7, 11) is 0. The maximum atomic E-state index is 13.0. The van der Waals surface area contributed by atoms with E-state index in [1.807, 2.05) is 60.7 Å². The Bertz CT molecular complexity index is 1230. The van der Waals surface area contributed by atoms with Gasteiger partial charge in [-0.3, -0.25) is 4.79 Å². The van der Waals surface area contributed by atoms with Gasteiger partial charge in [-0.05, 0) is 29.3 Å². The second-order valence-corrected chi connectivity index (χ2v) is 8.21. The van der Waals surface area contributed by atoms with Crippen LogP contribution in [-0.2, 0) is 0 Å². The van der Waals surface area contributed by atoms with Crippen molar-refractivity contribution in [3.05, 3.63) is 123 Å². The molecule has 4 nitrogen and oxygen atoms in total. The molecule has 5 rings (SSSR count). The van der Waals surface area contributed by atoms with Crippen LogP contribution in [0.5, 0.6) is 0 Å². The van der Waals surface area contributed by atoms with Gasteiger partial charge in [0.15, 0.2) is 5.78 Å². The largest absolute Gasteiger partial charge is 0.506 e. The summed E-state index contributed by atoms with van der Waals surface area (Å²) < 4.78 is 0.996. The second kappa shape index (κ2) is 7.50. The van der Waals surface area contributed by atoms with E-state index >= 15 is 0 Å². The van der Waals surface area contributed by atoms with Crippen molar-refractivity contribution in [2.75, 3.05) is 0 Å². The molecule has 0 amide bonds. The quantitative estimate of drug-likeness (QED) is 0.471. The van der Waals surface area contributed by atoms with Gasteiger partial charge in [0.05, 0.1) is 11.3 Å². The van der Waals surface area contributed by atoms with Gasteiger partial charge >= 0.3 is 0 Å². The summed E-state index contributed by atoms with van der Waals surface area (Å²) in [6.45, 7) is 0. The molecule has 3 aromatic carbocycles. The first-order valence-electron chi connectivity index (χ1n) is 9.64. The van der Waals surface area contributed by atoms with Gasteiger partial charge in [-0.25, -0.2) is 0 Å². The van der Waals surface area contributed by atoms with E-state index in [9.17, 15) is 9.90 Å². The maximum absolute atomic E-state index is 13.0. The highest BCUT2D eigenvalue weighted by Crippen LogP contribution is 2.44. The van der Waals surface area contributed by atoms with Crippen LogP contribution in [0.3, 0.4) is 0 Å². The number of benzene rings is 3. The summed E-state index contributed by atoms with van der Waals surface area (Å²) in [5.74, 6) is -0.367. The third kappa shape index (κ3) is 3.12. The zero-order valence-electron chi connectivity index (χ0n) is 15.9. The number of fused-ring (bicyclic) bond motifs is 1. The molecular weight excluding hydrogens is 440 g/mol. The van der Waals surface area contributed by atoms with Gasteiger partial charge in [-0.1, -0.05) is 82.7 Å². The summed E-state index contributed by atoms with van der Waals surface area (Å²) in [4.78, 5) is 13.0. The van der Waals surface area contributed by atoms with Gasteiger partial charge in [0.2, 0.25) is 0 Å². The molecule has 2 aliphatic rings. The van der Waals surface area contributed by atoms with Gasteiger partial charge in [-0.2, -0.15) is 10.2 Å². The van der Waals surface area contributed by atoms with Crippen molar-refractivity contribution in [1.82, 2.24) is 0 Å². The van der Waals surface area contributed by atoms with Crippen LogP contribution in [0.1, 0.15) is 39.0 Å². The first-order chi connectivity index (χ1) is 14.6. The molecule has 1 N–H and O–H groups in total. The first kappa shape index (κ1) is 18.7. The summed E-state index contributed by atoms with van der Waals surface area (Å²) in [5, 5.41) is 19.7. The van der Waals surface area contributed by atoms with Crippen LogP contribution in [0.15, 0.2) is 111 Å². The minimum absolute atomic E-state index is 0.0327. The number of Topliss-reactive ketones (excluding diaryl/α,β-unsaturated/α-hetero) is 1. The molecule has 146 valence electrons. The summed E-state index contributed by atoms with van der Waals surface area (Å²) in [5.41, 5.74) is 3.77. The number of aliphatic hydroxyl groups is 1. The Balaban J connectivity index is 1.60. The molecule has 3 aromatic rings. The molecule has 0 unspecified atom stereocenters. The SMILES string of the molecule is O=C1C(C2=C[C@H](c3ccccc3)[C@@H](c3ccc(Br)cc3)N=N2)=C(O)c2ccccc21. The van der Waals surface area contributed by atoms with Crippen LogP contribution in [0.4, 0.5) is 0 Å². The lowest BCUT2D eigenvalue weighted by Gasteiger charge is -2.25. The molecule has 0 fully saturated rings. The Hall–Kier alpha value is -3.31. The molecule has 1 aliphatic carbocycles. The van der Waals surface area contributed by atoms with E-state index in [0.29, 0.717) is 16.8 Å². The molecule has 0 saturated carbocycles. The fourth-order valence-corrected chi connectivity index (χ4v) is 4.28. The predicted molar refractivity (Wildman–Crippen MR) is 119 cm³/mol. The second-order valence-electron chi connectivity index (χ2n) is 7.30. The zero-order chi connectivity index (χ0) is 20.7. The number of carbonyl (C=O) groups excluding carboxylic acids is 1. The molecule has 5 heteroatoms. The molecule has 2 atom stereocenters. The highest BCUT2D eigenvalue weighted by atomic mass is 79.9. The number of azo groups is 1. The third-order valence-corrected chi connectivity index (χ3v) is 6.04. The van der Waals surface area contributed by atoms with Crippen molar-refractivity contribution in [3.63, 3.8) is 0 Å². The summed E-state index contributed by atoms with van der Waals surface area (Å²) >= 11 is 3.47. The number of hydrogen-bond donors (Lipinski definition) is 1. The monoisotopic (exact) mass is 456 g/mol. The number of allylic oxidation sites excluding steroid dienone is 1. The van der Waals surface area contributed by atoms with Crippen LogP contribution in [0.25, 0.3) is 5.76 Å². The molecule has 0 spiro atoms. The van der Waals surface area contributed by atoms with E-state index in [1.54, 1.807) is 24.3 Å². The standard InChI is InChI=1S/C25H17BrN2O2/c26-17-12-10-16(11-13-17)23-20(15-6-2-1-3-7-15)14-21(27-28-23)22-24(29)18-8-4-5-9-19(18)25(22)30/h1-14,20,23,29H/t20-,23-/m1/s1. The Kier molecular flexibility index (Phi) is 4.68. The Morgan fingerprint density at radius 1 is 0.800 bits per heavy atom. The third-order valence-electron chi connectivity index (χ3n) is 5.51. The van der Waals surface area contributed by atoms with Crippen molar-refractivity contribution < 1.29 is 9.90 Å². The number of ketones is 1. The van der Waals surface area contributed by atoms with Crippen LogP contribution < -0.4 is 0 Å². The number of halogens is 1. The molecular formula is C25H17BrN2O2. The minimum atomic E-state index is -0.220. The molecule has 0 bridgehead atoms. The van der Waals surface area contributed by atoms with Gasteiger partial charge in [0.25, 0.3) is 0 Å². The fraction of sp³-hybridized carbons (Fsp3) is 0.0800. The first-order valence-corrected chi connectivity index (χ1v) is 10.4. The Labute approximate surface area is 182 Å². The van der Waals surface area contributed by atoms with Crippen molar-refractivity contribution in [3.8, 4) is 0 Å². The lowest BCUT2D eigenvalue weighted by molar-refractivity contribution is 0.103. The van der Waals surface area contributed by atoms with Gasteiger partial charge < -0.3 is 5.11 Å². The lowest BCUT2D eigenvalue weighted by Crippen LogP contribution is -2.13. The average Bonchev–Trinajstić information content (AvgIpc) is 3.05. The molecule has 30 heavy (non-hydrogen) atoms. The van der Waals surface area contributed by atoms with Gasteiger partial charge in [0, 0.05) is 21.5 Å². The van der Waals surface area contributed by atoms with E-state index in [4.69, 9.17) is 0 Å². The number of aliphatic hydroxyl groups excluding tert-OH is 1. The highest BCUT2D eigenvalue weighted by molar-refractivity contribution is 9.10. The van der Waals surface area contributed by atoms with Crippen LogP contribution in [0.2, 0.25) is 0 Å². The summed E-state index contributed by atoms with van der Waals surface area (Å²) in [6.07, 6.45) is 1.95. The molecule has 1 aliphatic heterocycles. The van der Waals surface area contributed by atoms with E-state index in [0.717, 1.165) is 15.6 Å². The highest BCUT2D eigenvalue weighted by Gasteiger charge is 2.35. The average molecular weight is 457 g/mol. The lowest BCUT2D eigenvalue weighted by atomic mass is 9.85. The van der Waals surface area contributed by atoms with Gasteiger partial charge in [-0.15, -0.1) is 0 Å². The van der Waals surface area contributed by atoms with Crippen molar-refractivity contribution >= 4 is 27.5 Å². The van der Waals surface area contributed by atoms with E-state index in [-0.39, 0.29) is 29.1 Å². The van der Waals surface area contributed by atoms with E-state index in [2.05, 4.69) is 26.2 Å². The molecule has 0 aromatic heterocycles. The normalized spacial score (nSPS) is 20.3. The maximum Gasteiger partial charge on any atom is 0.199 e. The van der Waals surface area contributed by atoms with Crippen LogP contribution in [0, 0.1) is 0 Å². The fourth-order valence-electron chi connectivity index (χ4n) is 4.01. The Morgan fingerprint density at radius 3 is 2.17 bits per heavy atom. The predicted octanol–water partition coefficient (Wildman–Crippen LogP) is 6.79. The minimum Gasteiger partial charge on any atom is -0.506 e. The molecule has 1 heterocycles. The topological polar surface area (TPSA) is 62.0 Å². The van der Waals surface area contributed by atoms with Crippen molar-refractivity contribution in [2.24, 2.45) is 10.2 Å². The van der Waals surface area contributed by atoms with Crippen molar-refractivity contribution in [2.45, 2.75) is 12.0 Å². The van der Waals surface area contributed by atoms with E-state index in [1.165, 1.54) is 0 Å². The smallest absolute Gasteiger partial charge is 0.199 e. The van der Waals surface area contributed by atoms with Crippen LogP contribution in [-0.4, -0.2) is 10.9 Å². The van der Waals surface area contributed by atoms with Crippen LogP contribution >= 0.6 is 15.9 Å². The zero-order valence-corrected chi connectivity index (χ0v) is 17.5. The Morgan fingerprint density at radius 2 is 1.47 bits per heavy atom. The number of nitrogens with zero attached hydrogens (tertiary/aromatic N) is 2. The molecule has 0 radical (unpaired) electrons. The number of hydrogen-bond acceptors (Lipinski definition) is 4. The van der Waals surface area contributed by atoms with E-state index < -0.39 is 0 Å². The number of rotatable bonds is 3. The van der Waals surface area contributed by atoms with Gasteiger partial charge in [0.1, 0.15) is 11.8 Å².